The van der Waals surface area contributed by atoms with Gasteiger partial charge in [-0.05, 0) is 0 Å². The summed E-state index contributed by atoms with van der Waals surface area (Å²) >= 11 is 0. The minimum Gasteiger partial charge on any atom is -0.480 e. The first kappa shape index (κ1) is 13.9. The number of nitrogens with two attached hydrogens (primary N) is 1. The number of hydrogen-bond donors (Lipinski definition) is 2. The molecule has 2 amide bonds. The van der Waals surface area contributed by atoms with E-state index in [0.29, 0.717) is 5.69 Å². The first-order valence-corrected chi connectivity index (χ1v) is 5.82. The predicted molar refractivity (Wildman–Crippen MR) is 62.4 cm³/mol. The van der Waals surface area contributed by atoms with Crippen molar-refractivity contribution in [3.8, 4) is 0 Å². The van der Waals surface area contributed by atoms with E-state index in [1.54, 1.807) is 0 Å². The molecule has 10 heteroatoms. The van der Waals surface area contributed by atoms with Crippen molar-refractivity contribution in [2.45, 2.75) is 19.0 Å². The summed E-state index contributed by atoms with van der Waals surface area (Å²) in [6.45, 7) is 0.216. The molecule has 1 aliphatic rings. The van der Waals surface area contributed by atoms with Crippen LogP contribution in [0.2, 0.25) is 0 Å². The third-order valence-electron chi connectivity index (χ3n) is 2.69. The molecule has 1 unspecified atom stereocenters. The molecule has 0 saturated carbocycles. The number of carbonyl (C=O) groups is 3. The van der Waals surface area contributed by atoms with Crippen LogP contribution < -0.4 is 5.73 Å². The number of ether oxygens (including phenoxy) is 1. The second kappa shape index (κ2) is 5.65. The lowest BCUT2D eigenvalue weighted by atomic mass is 10.2. The van der Waals surface area contributed by atoms with Crippen molar-refractivity contribution in [1.29, 1.82) is 0 Å². The van der Waals surface area contributed by atoms with Crippen LogP contribution in [0.15, 0.2) is 6.20 Å². The van der Waals surface area contributed by atoms with Crippen molar-refractivity contribution in [2.24, 2.45) is 5.73 Å². The topological polar surface area (TPSA) is 141 Å². The Morgan fingerprint density at radius 3 is 2.90 bits per heavy atom. The SMILES string of the molecule is NC(Cc1cn(CC(=O)N2CCOC2=O)nn1)C(=O)O. The number of amides is 2. The third kappa shape index (κ3) is 3.09. The summed E-state index contributed by atoms with van der Waals surface area (Å²) in [7, 11) is 0. The molecular weight excluding hydrogens is 270 g/mol. The van der Waals surface area contributed by atoms with E-state index in [2.05, 4.69) is 15.0 Å². The zero-order chi connectivity index (χ0) is 14.7. The second-order valence-electron chi connectivity index (χ2n) is 4.22. The Morgan fingerprint density at radius 2 is 2.30 bits per heavy atom. The van der Waals surface area contributed by atoms with Gasteiger partial charge in [0.2, 0.25) is 0 Å². The summed E-state index contributed by atoms with van der Waals surface area (Å²) in [4.78, 5) is 34.6. The van der Waals surface area contributed by atoms with Gasteiger partial charge in [0.1, 0.15) is 19.2 Å². The lowest BCUT2D eigenvalue weighted by molar-refractivity contribution is -0.138. The highest BCUT2D eigenvalue weighted by Gasteiger charge is 2.28. The molecule has 2 rings (SSSR count). The van der Waals surface area contributed by atoms with Crippen LogP contribution >= 0.6 is 0 Å². The van der Waals surface area contributed by atoms with E-state index in [1.807, 2.05) is 0 Å². The Morgan fingerprint density at radius 1 is 1.55 bits per heavy atom. The molecule has 0 bridgehead atoms. The van der Waals surface area contributed by atoms with E-state index in [9.17, 15) is 14.4 Å². The monoisotopic (exact) mass is 283 g/mol. The minimum atomic E-state index is -1.14. The molecule has 10 nitrogen and oxygen atoms in total. The molecule has 108 valence electrons. The number of imide groups is 1. The fourth-order valence-electron chi connectivity index (χ4n) is 1.67. The largest absolute Gasteiger partial charge is 0.480 e. The number of rotatable bonds is 5. The van der Waals surface area contributed by atoms with Crippen LogP contribution in [0.4, 0.5) is 4.79 Å². The highest BCUT2D eigenvalue weighted by atomic mass is 16.6. The van der Waals surface area contributed by atoms with Gasteiger partial charge in [0.05, 0.1) is 12.2 Å². The Hall–Kier alpha value is -2.49. The van der Waals surface area contributed by atoms with Gasteiger partial charge < -0.3 is 15.6 Å². The number of carbonyl (C=O) groups excluding carboxylic acids is 2. The molecule has 20 heavy (non-hydrogen) atoms. The summed E-state index contributed by atoms with van der Waals surface area (Å²) in [6, 6.07) is -1.08. The number of nitrogens with zero attached hydrogens (tertiary/aromatic N) is 4. The fourth-order valence-corrected chi connectivity index (χ4v) is 1.67. The Balaban J connectivity index is 1.94. The summed E-state index contributed by atoms with van der Waals surface area (Å²) in [5, 5.41) is 16.1. The van der Waals surface area contributed by atoms with Crippen molar-refractivity contribution in [1.82, 2.24) is 19.9 Å². The fraction of sp³-hybridized carbons (Fsp3) is 0.500. The van der Waals surface area contributed by atoms with Gasteiger partial charge in [0.15, 0.2) is 0 Å². The average molecular weight is 283 g/mol. The van der Waals surface area contributed by atoms with Crippen molar-refractivity contribution < 1.29 is 24.2 Å². The maximum absolute atomic E-state index is 11.8. The van der Waals surface area contributed by atoms with Crippen molar-refractivity contribution in [3.63, 3.8) is 0 Å². The molecule has 0 aromatic carbocycles. The average Bonchev–Trinajstić information content (AvgIpc) is 2.98. The summed E-state index contributed by atoms with van der Waals surface area (Å²) in [5.74, 6) is -1.61. The molecule has 1 saturated heterocycles. The Labute approximate surface area is 113 Å². The van der Waals surface area contributed by atoms with Crippen LogP contribution in [0.5, 0.6) is 0 Å². The smallest absolute Gasteiger partial charge is 0.416 e. The van der Waals surface area contributed by atoms with Crippen LogP contribution in [0.1, 0.15) is 5.69 Å². The maximum atomic E-state index is 11.8. The first-order valence-electron chi connectivity index (χ1n) is 5.82. The van der Waals surface area contributed by atoms with Crippen LogP contribution in [0.3, 0.4) is 0 Å². The van der Waals surface area contributed by atoms with Crippen molar-refractivity contribution >= 4 is 18.0 Å². The molecule has 3 N–H and O–H groups in total. The predicted octanol–water partition coefficient (Wildman–Crippen LogP) is -1.79. The quantitative estimate of drug-likeness (QED) is 0.645. The van der Waals surface area contributed by atoms with Gasteiger partial charge in [0.25, 0.3) is 5.91 Å². The summed E-state index contributed by atoms with van der Waals surface area (Å²) in [5.41, 5.74) is 5.72. The maximum Gasteiger partial charge on any atom is 0.416 e. The van der Waals surface area contributed by atoms with Crippen molar-refractivity contribution in [2.75, 3.05) is 13.2 Å². The number of cyclic esters (lactones) is 1. The zero-order valence-corrected chi connectivity index (χ0v) is 10.4. The van der Waals surface area contributed by atoms with Crippen LogP contribution in [0, 0.1) is 0 Å². The van der Waals surface area contributed by atoms with Gasteiger partial charge in [-0.1, -0.05) is 5.21 Å². The van der Waals surface area contributed by atoms with Gasteiger partial charge >= 0.3 is 12.1 Å². The Bertz CT molecular complexity index is 542. The molecule has 0 radical (unpaired) electrons. The summed E-state index contributed by atoms with van der Waals surface area (Å²) in [6.07, 6.45) is 0.750. The van der Waals surface area contributed by atoms with Gasteiger partial charge in [-0.2, -0.15) is 0 Å². The number of carboxylic acids is 1. The number of carboxylic acid groups (broad SMARTS) is 1. The van der Waals surface area contributed by atoms with E-state index >= 15 is 0 Å². The summed E-state index contributed by atoms with van der Waals surface area (Å²) < 4.78 is 5.87. The molecule has 1 aliphatic heterocycles. The van der Waals surface area contributed by atoms with E-state index in [-0.39, 0.29) is 26.1 Å². The molecule has 0 spiro atoms. The van der Waals surface area contributed by atoms with Gasteiger partial charge in [-0.25, -0.2) is 14.4 Å². The third-order valence-corrected chi connectivity index (χ3v) is 2.69. The van der Waals surface area contributed by atoms with Crippen molar-refractivity contribution in [3.05, 3.63) is 11.9 Å². The Kier molecular flexibility index (Phi) is 3.94. The number of aliphatic carboxylic acids is 1. The van der Waals surface area contributed by atoms with E-state index in [0.717, 1.165) is 4.90 Å². The molecular formula is C10H13N5O5. The van der Waals surface area contributed by atoms with Crippen LogP contribution in [-0.4, -0.2) is 62.2 Å². The normalized spacial score (nSPS) is 16.1. The van der Waals surface area contributed by atoms with Gasteiger partial charge in [-0.15, -0.1) is 5.10 Å². The molecule has 1 aromatic rings. The van der Waals surface area contributed by atoms with Crippen LogP contribution in [-0.2, 0) is 27.3 Å². The van der Waals surface area contributed by atoms with E-state index in [1.165, 1.54) is 10.9 Å². The number of aromatic nitrogens is 3. The lowest BCUT2D eigenvalue weighted by Crippen LogP contribution is -2.34. The van der Waals surface area contributed by atoms with Crippen LogP contribution in [0.25, 0.3) is 0 Å². The highest BCUT2D eigenvalue weighted by Crippen LogP contribution is 2.05. The zero-order valence-electron chi connectivity index (χ0n) is 10.4. The number of hydrogen-bond acceptors (Lipinski definition) is 7. The van der Waals surface area contributed by atoms with Gasteiger partial charge in [0, 0.05) is 12.6 Å². The second-order valence-corrected chi connectivity index (χ2v) is 4.22. The molecule has 1 atom stereocenters. The molecule has 1 aromatic heterocycles. The lowest BCUT2D eigenvalue weighted by Gasteiger charge is -2.09. The molecule has 1 fully saturated rings. The standard InChI is InChI=1S/C10H13N5O5/c11-7(9(17)18)3-6-4-14(13-12-6)5-8(16)15-1-2-20-10(15)19/h4,7H,1-3,5,11H2,(H,17,18). The van der Waals surface area contributed by atoms with Gasteiger partial charge in [-0.3, -0.25) is 9.59 Å². The molecule has 0 aliphatic carbocycles. The highest BCUT2D eigenvalue weighted by molar-refractivity contribution is 5.92. The molecule has 2 heterocycles. The minimum absolute atomic E-state index is 0.00921. The van der Waals surface area contributed by atoms with E-state index in [4.69, 9.17) is 10.8 Å². The first-order chi connectivity index (χ1) is 9.47. The van der Waals surface area contributed by atoms with E-state index < -0.39 is 24.0 Å².